The van der Waals surface area contributed by atoms with Crippen molar-refractivity contribution in [3.8, 4) is 5.75 Å². The van der Waals surface area contributed by atoms with Crippen molar-refractivity contribution in [1.29, 1.82) is 0 Å². The van der Waals surface area contributed by atoms with Gasteiger partial charge in [-0.2, -0.15) is 0 Å². The van der Waals surface area contributed by atoms with E-state index < -0.39 is 0 Å². The Bertz CT molecular complexity index is 381. The molecule has 0 heterocycles. The first-order chi connectivity index (χ1) is 8.85. The Kier molecular flexibility index (Phi) is 5.83. The fraction of sp³-hybridized carbons (Fsp3) is 0.625. The SMILES string of the molecule is Cc1cc(C)cc(OCCCN(C)C(C)(C)CO)c1. The van der Waals surface area contributed by atoms with Crippen LogP contribution < -0.4 is 4.74 Å². The van der Waals surface area contributed by atoms with Crippen molar-refractivity contribution in [2.24, 2.45) is 0 Å². The Morgan fingerprint density at radius 2 is 1.74 bits per heavy atom. The van der Waals surface area contributed by atoms with Crippen LogP contribution in [0.5, 0.6) is 5.75 Å². The minimum atomic E-state index is -0.167. The molecule has 19 heavy (non-hydrogen) atoms. The number of aryl methyl sites for hydroxylation is 2. The second kappa shape index (κ2) is 6.92. The molecular weight excluding hydrogens is 238 g/mol. The van der Waals surface area contributed by atoms with Crippen LogP contribution in [0.25, 0.3) is 0 Å². The summed E-state index contributed by atoms with van der Waals surface area (Å²) in [4.78, 5) is 2.16. The van der Waals surface area contributed by atoms with E-state index in [0.29, 0.717) is 6.61 Å². The zero-order valence-electron chi connectivity index (χ0n) is 12.9. The summed E-state index contributed by atoms with van der Waals surface area (Å²) in [6.07, 6.45) is 0.951. The fourth-order valence-corrected chi connectivity index (χ4v) is 1.93. The third-order valence-electron chi connectivity index (χ3n) is 3.52. The maximum atomic E-state index is 9.29. The first kappa shape index (κ1) is 16.0. The number of aliphatic hydroxyl groups excluding tert-OH is 1. The van der Waals surface area contributed by atoms with Gasteiger partial charge in [0.1, 0.15) is 5.75 Å². The molecule has 3 heteroatoms. The van der Waals surface area contributed by atoms with Crippen LogP contribution in [0, 0.1) is 13.8 Å². The maximum Gasteiger partial charge on any atom is 0.119 e. The summed E-state index contributed by atoms with van der Waals surface area (Å²) in [5, 5.41) is 9.29. The minimum Gasteiger partial charge on any atom is -0.494 e. The van der Waals surface area contributed by atoms with E-state index in [4.69, 9.17) is 4.74 Å². The monoisotopic (exact) mass is 265 g/mol. The number of nitrogens with zero attached hydrogens (tertiary/aromatic N) is 1. The third-order valence-corrected chi connectivity index (χ3v) is 3.52. The topological polar surface area (TPSA) is 32.7 Å². The zero-order chi connectivity index (χ0) is 14.5. The lowest BCUT2D eigenvalue weighted by Crippen LogP contribution is -2.44. The molecule has 1 aromatic rings. The molecule has 0 spiro atoms. The third kappa shape index (κ3) is 5.21. The Morgan fingerprint density at radius 3 is 2.26 bits per heavy atom. The molecule has 0 aliphatic carbocycles. The Labute approximate surface area is 117 Å². The number of likely N-dealkylation sites (N-methyl/N-ethyl adjacent to an activating group) is 1. The molecule has 1 rings (SSSR count). The zero-order valence-corrected chi connectivity index (χ0v) is 12.9. The molecule has 0 bridgehead atoms. The van der Waals surface area contributed by atoms with Crippen LogP contribution in [0.4, 0.5) is 0 Å². The lowest BCUT2D eigenvalue weighted by atomic mass is 10.1. The summed E-state index contributed by atoms with van der Waals surface area (Å²) in [7, 11) is 2.03. The van der Waals surface area contributed by atoms with E-state index in [1.807, 2.05) is 20.9 Å². The predicted molar refractivity (Wildman–Crippen MR) is 79.8 cm³/mol. The molecule has 0 amide bonds. The maximum absolute atomic E-state index is 9.29. The van der Waals surface area contributed by atoms with Crippen molar-refractivity contribution in [3.63, 3.8) is 0 Å². The molecule has 0 radical (unpaired) electrons. The van der Waals surface area contributed by atoms with E-state index in [-0.39, 0.29) is 12.1 Å². The molecular formula is C16H27NO2. The van der Waals surface area contributed by atoms with Crippen molar-refractivity contribution in [1.82, 2.24) is 4.90 Å². The number of ether oxygens (including phenoxy) is 1. The Balaban J connectivity index is 2.35. The summed E-state index contributed by atoms with van der Waals surface area (Å²) in [5.74, 6) is 0.946. The van der Waals surface area contributed by atoms with Gasteiger partial charge in [0.05, 0.1) is 13.2 Å². The van der Waals surface area contributed by atoms with Crippen molar-refractivity contribution in [2.45, 2.75) is 39.7 Å². The smallest absolute Gasteiger partial charge is 0.119 e. The van der Waals surface area contributed by atoms with Crippen LogP contribution in [0.2, 0.25) is 0 Å². The van der Waals surface area contributed by atoms with E-state index in [1.165, 1.54) is 11.1 Å². The average Bonchev–Trinajstić information content (AvgIpc) is 2.33. The standard InChI is InChI=1S/C16H27NO2/c1-13-9-14(2)11-15(10-13)19-8-6-7-17(5)16(3,4)12-18/h9-11,18H,6-8,12H2,1-5H3. The molecule has 0 fully saturated rings. The summed E-state index contributed by atoms with van der Waals surface area (Å²) >= 11 is 0. The number of aliphatic hydroxyl groups is 1. The summed E-state index contributed by atoms with van der Waals surface area (Å²) < 4.78 is 5.78. The minimum absolute atomic E-state index is 0.167. The molecule has 0 aliphatic rings. The number of hydrogen-bond acceptors (Lipinski definition) is 3. The van der Waals surface area contributed by atoms with Crippen LogP contribution in [0.15, 0.2) is 18.2 Å². The highest BCUT2D eigenvalue weighted by Gasteiger charge is 2.21. The molecule has 1 aromatic carbocycles. The second-order valence-electron chi connectivity index (χ2n) is 5.92. The normalized spacial score (nSPS) is 11.9. The van der Waals surface area contributed by atoms with Gasteiger partial charge in [0.2, 0.25) is 0 Å². The van der Waals surface area contributed by atoms with Crippen LogP contribution in [-0.4, -0.2) is 42.4 Å². The Hall–Kier alpha value is -1.06. The fourth-order valence-electron chi connectivity index (χ4n) is 1.93. The van der Waals surface area contributed by atoms with Gasteiger partial charge in [0.25, 0.3) is 0 Å². The molecule has 0 aliphatic heterocycles. The van der Waals surface area contributed by atoms with Crippen molar-refractivity contribution >= 4 is 0 Å². The van der Waals surface area contributed by atoms with Crippen molar-refractivity contribution in [3.05, 3.63) is 29.3 Å². The number of benzene rings is 1. The molecule has 108 valence electrons. The highest BCUT2D eigenvalue weighted by Crippen LogP contribution is 2.16. The molecule has 3 nitrogen and oxygen atoms in total. The first-order valence-corrected chi connectivity index (χ1v) is 6.88. The lowest BCUT2D eigenvalue weighted by molar-refractivity contribution is 0.0747. The van der Waals surface area contributed by atoms with Crippen LogP contribution in [0.3, 0.4) is 0 Å². The van der Waals surface area contributed by atoms with Gasteiger partial charge in [0.15, 0.2) is 0 Å². The summed E-state index contributed by atoms with van der Waals surface area (Å²) in [5.41, 5.74) is 2.29. The highest BCUT2D eigenvalue weighted by atomic mass is 16.5. The molecule has 0 saturated carbocycles. The summed E-state index contributed by atoms with van der Waals surface area (Å²) in [6, 6.07) is 6.27. The van der Waals surface area contributed by atoms with Crippen molar-refractivity contribution in [2.75, 3.05) is 26.8 Å². The van der Waals surface area contributed by atoms with Gasteiger partial charge in [-0.3, -0.25) is 4.90 Å². The van der Waals surface area contributed by atoms with Gasteiger partial charge in [0, 0.05) is 12.1 Å². The molecule has 0 atom stereocenters. The van der Waals surface area contributed by atoms with Crippen LogP contribution in [-0.2, 0) is 0 Å². The van der Waals surface area contributed by atoms with Gasteiger partial charge >= 0.3 is 0 Å². The summed E-state index contributed by atoms with van der Waals surface area (Å²) in [6.45, 7) is 10.0. The van der Waals surface area contributed by atoms with Crippen LogP contribution in [0.1, 0.15) is 31.4 Å². The van der Waals surface area contributed by atoms with E-state index in [2.05, 4.69) is 36.9 Å². The first-order valence-electron chi connectivity index (χ1n) is 6.88. The van der Waals surface area contributed by atoms with Gasteiger partial charge in [-0.15, -0.1) is 0 Å². The van der Waals surface area contributed by atoms with Crippen LogP contribution >= 0.6 is 0 Å². The highest BCUT2D eigenvalue weighted by molar-refractivity contribution is 5.32. The van der Waals surface area contributed by atoms with E-state index in [1.54, 1.807) is 0 Å². The van der Waals surface area contributed by atoms with Crippen molar-refractivity contribution < 1.29 is 9.84 Å². The van der Waals surface area contributed by atoms with Gasteiger partial charge < -0.3 is 9.84 Å². The number of rotatable bonds is 7. The lowest BCUT2D eigenvalue weighted by Gasteiger charge is -2.33. The Morgan fingerprint density at radius 1 is 1.16 bits per heavy atom. The van der Waals surface area contributed by atoms with E-state index in [0.717, 1.165) is 18.7 Å². The molecule has 0 unspecified atom stereocenters. The molecule has 1 N–H and O–H groups in total. The predicted octanol–water partition coefficient (Wildman–Crippen LogP) is 2.78. The second-order valence-corrected chi connectivity index (χ2v) is 5.92. The van der Waals surface area contributed by atoms with E-state index in [9.17, 15) is 5.11 Å². The van der Waals surface area contributed by atoms with E-state index >= 15 is 0 Å². The van der Waals surface area contributed by atoms with Gasteiger partial charge in [-0.1, -0.05) is 6.07 Å². The van der Waals surface area contributed by atoms with Gasteiger partial charge in [-0.05, 0) is 64.4 Å². The van der Waals surface area contributed by atoms with Gasteiger partial charge in [-0.25, -0.2) is 0 Å². The number of hydrogen-bond donors (Lipinski definition) is 1. The molecule has 0 aromatic heterocycles. The quantitative estimate of drug-likeness (QED) is 0.770. The largest absolute Gasteiger partial charge is 0.494 e. The molecule has 0 saturated heterocycles. The average molecular weight is 265 g/mol.